The number of amides is 3. The number of carbonyl (C=O) groups excluding carboxylic acids is 2. The monoisotopic (exact) mass is 333 g/mol. The van der Waals surface area contributed by atoms with Crippen LogP contribution in [0.5, 0.6) is 0 Å². The van der Waals surface area contributed by atoms with Crippen molar-refractivity contribution in [2.45, 2.75) is 12.8 Å². The van der Waals surface area contributed by atoms with Gasteiger partial charge in [0.15, 0.2) is 0 Å². The summed E-state index contributed by atoms with van der Waals surface area (Å²) in [6, 6.07) is 4.81. The lowest BCUT2D eigenvalue weighted by molar-refractivity contribution is 0.0963. The predicted molar refractivity (Wildman–Crippen MR) is 90.8 cm³/mol. The molecule has 6 heteroatoms. The Morgan fingerprint density at radius 1 is 1.17 bits per heavy atom. The summed E-state index contributed by atoms with van der Waals surface area (Å²) in [5.74, 6) is 0.860. The minimum atomic E-state index is -0.274. The van der Waals surface area contributed by atoms with E-state index < -0.39 is 0 Å². The minimum absolute atomic E-state index is 0.121. The van der Waals surface area contributed by atoms with Crippen molar-refractivity contribution in [1.29, 1.82) is 0 Å². The van der Waals surface area contributed by atoms with E-state index in [1.165, 1.54) is 0 Å². The van der Waals surface area contributed by atoms with Gasteiger partial charge in [-0.15, -0.1) is 0 Å². The molecule has 5 nitrogen and oxygen atoms in total. The summed E-state index contributed by atoms with van der Waals surface area (Å²) in [6.07, 6.45) is 6.52. The van der Waals surface area contributed by atoms with Crippen LogP contribution < -0.4 is 10.6 Å². The second kappa shape index (κ2) is 6.62. The molecule has 0 aromatic heterocycles. The number of nitrogens with zero attached hydrogens (tertiary/aromatic N) is 1. The maximum Gasteiger partial charge on any atom is 0.321 e. The van der Waals surface area contributed by atoms with Crippen LogP contribution in [-0.4, -0.2) is 37.0 Å². The summed E-state index contributed by atoms with van der Waals surface area (Å²) >= 11 is 6.03. The van der Waals surface area contributed by atoms with Crippen LogP contribution in [-0.2, 0) is 0 Å². The minimum Gasteiger partial charge on any atom is -0.355 e. The summed E-state index contributed by atoms with van der Waals surface area (Å²) in [4.78, 5) is 26.1. The molecular formula is C17H20ClN3O2. The van der Waals surface area contributed by atoms with Gasteiger partial charge >= 0.3 is 6.03 Å². The Kier molecular flexibility index (Phi) is 4.57. The topological polar surface area (TPSA) is 61.4 Å². The quantitative estimate of drug-likeness (QED) is 0.817. The van der Waals surface area contributed by atoms with Crippen molar-refractivity contribution >= 4 is 29.2 Å². The van der Waals surface area contributed by atoms with E-state index in [2.05, 4.69) is 22.8 Å². The van der Waals surface area contributed by atoms with Gasteiger partial charge in [-0.2, -0.15) is 0 Å². The van der Waals surface area contributed by atoms with Crippen LogP contribution in [0.15, 0.2) is 30.4 Å². The highest BCUT2D eigenvalue weighted by Gasteiger charge is 2.35. The number of urea groups is 1. The number of hydrogen-bond donors (Lipinski definition) is 2. The Bertz CT molecular complexity index is 643. The standard InChI is InChI=1S/C17H20ClN3O2/c1-19-16(22)14-8-13(6-7-15(14)18)20-17(23)21-9-11-4-2-3-5-12(11)10-21/h2-3,6-8,11-12H,4-5,9-10H2,1H3,(H,19,22)(H,20,23)/t11-,12+. The first-order valence-corrected chi connectivity index (χ1v) is 8.19. The van der Waals surface area contributed by atoms with E-state index in [1.807, 2.05) is 4.90 Å². The number of fused-ring (bicyclic) bond motifs is 1. The summed E-state index contributed by atoms with van der Waals surface area (Å²) < 4.78 is 0. The van der Waals surface area contributed by atoms with Crippen molar-refractivity contribution in [3.8, 4) is 0 Å². The molecule has 0 unspecified atom stereocenters. The number of likely N-dealkylation sites (tertiary alicyclic amines) is 1. The van der Waals surface area contributed by atoms with Crippen molar-refractivity contribution < 1.29 is 9.59 Å². The molecule has 0 radical (unpaired) electrons. The van der Waals surface area contributed by atoms with Crippen molar-refractivity contribution in [1.82, 2.24) is 10.2 Å². The molecule has 2 N–H and O–H groups in total. The van der Waals surface area contributed by atoms with E-state index in [4.69, 9.17) is 11.6 Å². The summed E-state index contributed by atoms with van der Waals surface area (Å²) in [7, 11) is 1.55. The average Bonchev–Trinajstić information content (AvgIpc) is 3.00. The zero-order valence-electron chi connectivity index (χ0n) is 13.0. The van der Waals surface area contributed by atoms with Crippen LogP contribution in [0.3, 0.4) is 0 Å². The Balaban J connectivity index is 1.68. The molecular weight excluding hydrogens is 314 g/mol. The number of allylic oxidation sites excluding steroid dienone is 2. The number of benzene rings is 1. The average molecular weight is 334 g/mol. The molecule has 0 saturated carbocycles. The highest BCUT2D eigenvalue weighted by Crippen LogP contribution is 2.33. The van der Waals surface area contributed by atoms with Crippen LogP contribution in [0.2, 0.25) is 5.02 Å². The lowest BCUT2D eigenvalue weighted by atomic mass is 9.86. The number of rotatable bonds is 2. The number of nitrogens with one attached hydrogen (secondary N) is 2. The first-order valence-electron chi connectivity index (χ1n) is 7.81. The van der Waals surface area contributed by atoms with E-state index >= 15 is 0 Å². The third-order valence-corrected chi connectivity index (χ3v) is 4.93. The van der Waals surface area contributed by atoms with Gasteiger partial charge in [-0.1, -0.05) is 23.8 Å². The molecule has 122 valence electrons. The predicted octanol–water partition coefficient (Wildman–Crippen LogP) is 3.13. The van der Waals surface area contributed by atoms with Crippen molar-refractivity contribution in [3.05, 3.63) is 40.9 Å². The van der Waals surface area contributed by atoms with Crippen molar-refractivity contribution in [2.75, 3.05) is 25.5 Å². The molecule has 2 aliphatic rings. The molecule has 2 atom stereocenters. The Hall–Kier alpha value is -2.01. The lowest BCUT2D eigenvalue weighted by Gasteiger charge is -2.17. The van der Waals surface area contributed by atoms with Gasteiger partial charge < -0.3 is 15.5 Å². The second-order valence-corrected chi connectivity index (χ2v) is 6.48. The molecule has 3 amide bonds. The number of halogens is 1. The van der Waals surface area contributed by atoms with Gasteiger partial charge in [-0.25, -0.2) is 4.79 Å². The fraction of sp³-hybridized carbons (Fsp3) is 0.412. The number of hydrogen-bond acceptors (Lipinski definition) is 2. The number of anilines is 1. The normalized spacial score (nSPS) is 22.6. The molecule has 23 heavy (non-hydrogen) atoms. The van der Waals surface area contributed by atoms with Crippen LogP contribution in [0.1, 0.15) is 23.2 Å². The van der Waals surface area contributed by atoms with Gasteiger partial charge in [0.1, 0.15) is 0 Å². The van der Waals surface area contributed by atoms with E-state index in [-0.39, 0.29) is 11.9 Å². The molecule has 3 rings (SSSR count). The molecule has 0 bridgehead atoms. The highest BCUT2D eigenvalue weighted by atomic mass is 35.5. The van der Waals surface area contributed by atoms with Gasteiger partial charge in [0, 0.05) is 25.8 Å². The number of carbonyl (C=O) groups is 2. The summed E-state index contributed by atoms with van der Waals surface area (Å²) in [6.45, 7) is 1.58. The largest absolute Gasteiger partial charge is 0.355 e. The van der Waals surface area contributed by atoms with Crippen molar-refractivity contribution in [2.24, 2.45) is 11.8 Å². The zero-order chi connectivity index (χ0) is 16.4. The second-order valence-electron chi connectivity index (χ2n) is 6.07. The third kappa shape index (κ3) is 3.34. The molecule has 1 aliphatic carbocycles. The lowest BCUT2D eigenvalue weighted by Crippen LogP contribution is -2.33. The molecule has 0 spiro atoms. The van der Waals surface area contributed by atoms with E-state index in [0.717, 1.165) is 25.9 Å². The first kappa shape index (κ1) is 15.9. The fourth-order valence-electron chi connectivity index (χ4n) is 3.29. The summed E-state index contributed by atoms with van der Waals surface area (Å²) in [5, 5.41) is 5.77. The molecule has 1 aromatic rings. The molecule has 1 fully saturated rings. The maximum atomic E-state index is 12.5. The zero-order valence-corrected chi connectivity index (χ0v) is 13.8. The van der Waals surface area contributed by atoms with Crippen LogP contribution in [0, 0.1) is 11.8 Å². The maximum absolute atomic E-state index is 12.5. The SMILES string of the molecule is CNC(=O)c1cc(NC(=O)N2C[C@H]3CC=CC[C@H]3C2)ccc1Cl. The highest BCUT2D eigenvalue weighted by molar-refractivity contribution is 6.34. The Morgan fingerprint density at radius 2 is 1.83 bits per heavy atom. The molecule has 1 aliphatic heterocycles. The first-order chi connectivity index (χ1) is 11.1. The van der Waals surface area contributed by atoms with Crippen LogP contribution in [0.4, 0.5) is 10.5 Å². The van der Waals surface area contributed by atoms with E-state index in [0.29, 0.717) is 28.1 Å². The smallest absolute Gasteiger partial charge is 0.321 e. The van der Waals surface area contributed by atoms with Crippen LogP contribution in [0.25, 0.3) is 0 Å². The molecule has 1 heterocycles. The van der Waals surface area contributed by atoms with E-state index in [9.17, 15) is 9.59 Å². The summed E-state index contributed by atoms with van der Waals surface area (Å²) in [5.41, 5.74) is 0.928. The van der Waals surface area contributed by atoms with Gasteiger partial charge in [0.2, 0.25) is 0 Å². The molecule has 1 aromatic carbocycles. The van der Waals surface area contributed by atoms with Gasteiger partial charge in [0.05, 0.1) is 10.6 Å². The Labute approximate surface area is 140 Å². The van der Waals surface area contributed by atoms with Crippen LogP contribution >= 0.6 is 11.6 Å². The van der Waals surface area contributed by atoms with E-state index in [1.54, 1.807) is 25.2 Å². The molecule has 1 saturated heterocycles. The third-order valence-electron chi connectivity index (χ3n) is 4.60. The fourth-order valence-corrected chi connectivity index (χ4v) is 3.50. The Morgan fingerprint density at radius 3 is 2.43 bits per heavy atom. The van der Waals surface area contributed by atoms with Gasteiger partial charge in [-0.3, -0.25) is 4.79 Å². The van der Waals surface area contributed by atoms with Gasteiger partial charge in [0.25, 0.3) is 5.91 Å². The van der Waals surface area contributed by atoms with Crippen molar-refractivity contribution in [3.63, 3.8) is 0 Å². The van der Waals surface area contributed by atoms with Gasteiger partial charge in [-0.05, 0) is 42.9 Å².